The van der Waals surface area contributed by atoms with E-state index >= 15 is 0 Å². The molecular weight excluding hydrogens is 482 g/mol. The van der Waals surface area contributed by atoms with E-state index < -0.39 is 9.84 Å². The first-order chi connectivity index (χ1) is 17.7. The number of nitrogens with zero attached hydrogens (tertiary/aromatic N) is 4. The molecule has 7 nitrogen and oxygen atoms in total. The van der Waals surface area contributed by atoms with E-state index in [9.17, 15) is 8.42 Å². The molecule has 37 heavy (non-hydrogen) atoms. The zero-order chi connectivity index (χ0) is 26.2. The number of rotatable bonds is 8. The zero-order valence-electron chi connectivity index (χ0n) is 21.9. The Kier molecular flexibility index (Phi) is 7.09. The number of sulfone groups is 1. The third-order valence-electron chi connectivity index (χ3n) is 7.80. The Morgan fingerprint density at radius 2 is 1.97 bits per heavy atom. The van der Waals surface area contributed by atoms with Crippen LogP contribution in [0.3, 0.4) is 0 Å². The SMILES string of the molecule is [C-]#[N+]Cn1cc(-c2[nH]c3ccc(C4CCC(CCCS(C)(=O)=O)CC4)nc3c2C(C)C)c2cccnc21. The van der Waals surface area contributed by atoms with Gasteiger partial charge in [0.1, 0.15) is 15.5 Å². The van der Waals surface area contributed by atoms with Crippen LogP contribution in [0.15, 0.2) is 36.7 Å². The van der Waals surface area contributed by atoms with Crippen molar-refractivity contribution in [1.82, 2.24) is 19.5 Å². The number of H-pyrrole nitrogens is 1. The summed E-state index contributed by atoms with van der Waals surface area (Å²) in [6.45, 7) is 12.0. The second-order valence-electron chi connectivity index (χ2n) is 10.9. The molecule has 4 aromatic heterocycles. The van der Waals surface area contributed by atoms with Gasteiger partial charge in [-0.15, -0.1) is 0 Å². The third-order valence-corrected chi connectivity index (χ3v) is 8.83. The lowest BCUT2D eigenvalue weighted by atomic mass is 9.78. The Morgan fingerprint density at radius 3 is 2.68 bits per heavy atom. The van der Waals surface area contributed by atoms with Gasteiger partial charge in [-0.25, -0.2) is 20.0 Å². The second-order valence-corrected chi connectivity index (χ2v) is 13.1. The highest BCUT2D eigenvalue weighted by atomic mass is 32.2. The molecular formula is C29H35N5O2S. The molecule has 4 heterocycles. The van der Waals surface area contributed by atoms with Crippen LogP contribution in [0, 0.1) is 12.5 Å². The van der Waals surface area contributed by atoms with Gasteiger partial charge in [0.2, 0.25) is 0 Å². The molecule has 0 radical (unpaired) electrons. The summed E-state index contributed by atoms with van der Waals surface area (Å²) in [7, 11) is -2.87. The van der Waals surface area contributed by atoms with E-state index in [1.165, 1.54) is 11.8 Å². The molecule has 1 saturated carbocycles. The van der Waals surface area contributed by atoms with Crippen molar-refractivity contribution >= 4 is 31.9 Å². The Morgan fingerprint density at radius 1 is 1.19 bits per heavy atom. The molecule has 0 atom stereocenters. The smallest absolute Gasteiger partial charge is 0.294 e. The number of hydrogen-bond donors (Lipinski definition) is 1. The Balaban J connectivity index is 1.44. The normalized spacial score (nSPS) is 18.6. The predicted molar refractivity (Wildman–Crippen MR) is 149 cm³/mol. The van der Waals surface area contributed by atoms with Crippen LogP contribution in [0.1, 0.15) is 75.5 Å². The Labute approximate surface area is 219 Å². The van der Waals surface area contributed by atoms with Crippen LogP contribution in [0.5, 0.6) is 0 Å². The second kappa shape index (κ2) is 10.3. The maximum atomic E-state index is 11.5. The summed E-state index contributed by atoms with van der Waals surface area (Å²) in [6, 6.07) is 8.35. The van der Waals surface area contributed by atoms with Crippen molar-refractivity contribution < 1.29 is 8.42 Å². The molecule has 1 aliphatic rings. The molecule has 0 aromatic carbocycles. The van der Waals surface area contributed by atoms with Gasteiger partial charge in [-0.05, 0) is 74.6 Å². The van der Waals surface area contributed by atoms with E-state index in [0.29, 0.717) is 17.6 Å². The molecule has 0 amide bonds. The minimum absolute atomic E-state index is 0.240. The van der Waals surface area contributed by atoms with Gasteiger partial charge in [0.25, 0.3) is 6.67 Å². The van der Waals surface area contributed by atoms with Crippen LogP contribution in [-0.4, -0.2) is 39.9 Å². The third kappa shape index (κ3) is 5.28. The highest BCUT2D eigenvalue weighted by molar-refractivity contribution is 7.90. The summed E-state index contributed by atoms with van der Waals surface area (Å²) in [4.78, 5) is 17.0. The molecule has 0 saturated heterocycles. The van der Waals surface area contributed by atoms with Crippen LogP contribution < -0.4 is 0 Å². The van der Waals surface area contributed by atoms with E-state index in [0.717, 1.165) is 77.5 Å². The molecule has 1 aliphatic carbocycles. The van der Waals surface area contributed by atoms with E-state index in [2.05, 4.69) is 46.9 Å². The molecule has 0 aliphatic heterocycles. The molecule has 5 rings (SSSR count). The molecule has 194 valence electrons. The highest BCUT2D eigenvalue weighted by Crippen LogP contribution is 2.41. The van der Waals surface area contributed by atoms with E-state index in [1.807, 2.05) is 16.8 Å². The topological polar surface area (TPSA) is 85.0 Å². The average molecular weight is 518 g/mol. The van der Waals surface area contributed by atoms with E-state index in [-0.39, 0.29) is 12.6 Å². The van der Waals surface area contributed by atoms with Crippen molar-refractivity contribution in [2.24, 2.45) is 5.92 Å². The first kappa shape index (κ1) is 25.5. The minimum atomic E-state index is -2.87. The predicted octanol–water partition coefficient (Wildman–Crippen LogP) is 6.68. The number of pyridine rings is 2. The van der Waals surface area contributed by atoms with Crippen LogP contribution in [0.25, 0.3) is 38.2 Å². The standard InChI is InChI=1S/C29H35N5O2S/c1-19(2)26-27(23-17-34(18-30-3)29-22(23)8-5-15-31-29)33-25-14-13-24(32-28(25)26)21-11-9-20(10-12-21)7-6-16-37(4,35)36/h5,8,13-15,17,19-21,33H,6-7,9-12,16,18H2,1-2,4H3. The van der Waals surface area contributed by atoms with E-state index in [1.54, 1.807) is 6.20 Å². The number of hydrogen-bond acceptors (Lipinski definition) is 4. The van der Waals surface area contributed by atoms with Crippen molar-refractivity contribution in [2.45, 2.75) is 70.9 Å². The van der Waals surface area contributed by atoms with Crippen molar-refractivity contribution in [3.05, 3.63) is 59.3 Å². The molecule has 1 N–H and O–H groups in total. The number of nitrogens with one attached hydrogen (secondary N) is 1. The quantitative estimate of drug-likeness (QED) is 0.264. The van der Waals surface area contributed by atoms with Crippen molar-refractivity contribution in [2.75, 3.05) is 12.0 Å². The highest BCUT2D eigenvalue weighted by Gasteiger charge is 2.26. The number of aromatic nitrogens is 4. The maximum Gasteiger partial charge on any atom is 0.294 e. The zero-order valence-corrected chi connectivity index (χ0v) is 22.7. The minimum Gasteiger partial charge on any atom is -0.353 e. The summed E-state index contributed by atoms with van der Waals surface area (Å²) in [5.74, 6) is 1.63. The number of aromatic amines is 1. The molecule has 0 unspecified atom stereocenters. The van der Waals surface area contributed by atoms with Gasteiger partial charge in [-0.2, -0.15) is 0 Å². The lowest BCUT2D eigenvalue weighted by Gasteiger charge is -2.28. The van der Waals surface area contributed by atoms with E-state index in [4.69, 9.17) is 11.6 Å². The fourth-order valence-electron chi connectivity index (χ4n) is 5.99. The monoisotopic (exact) mass is 517 g/mol. The van der Waals surface area contributed by atoms with Gasteiger partial charge < -0.3 is 4.98 Å². The first-order valence-corrected chi connectivity index (χ1v) is 15.3. The molecule has 8 heteroatoms. The van der Waals surface area contributed by atoms with Crippen LogP contribution >= 0.6 is 0 Å². The largest absolute Gasteiger partial charge is 0.353 e. The van der Waals surface area contributed by atoms with Crippen molar-refractivity contribution in [3.8, 4) is 11.3 Å². The summed E-state index contributed by atoms with van der Waals surface area (Å²) in [5, 5.41) is 1.04. The Hall–Kier alpha value is -3.18. The Bertz CT molecular complexity index is 1570. The molecule has 0 bridgehead atoms. The van der Waals surface area contributed by atoms with Crippen molar-refractivity contribution in [1.29, 1.82) is 0 Å². The number of fused-ring (bicyclic) bond motifs is 2. The van der Waals surface area contributed by atoms with Gasteiger partial charge in [0.05, 0.1) is 16.7 Å². The summed E-state index contributed by atoms with van der Waals surface area (Å²) < 4.78 is 24.8. The van der Waals surface area contributed by atoms with Gasteiger partial charge in [0, 0.05) is 52.5 Å². The van der Waals surface area contributed by atoms with Gasteiger partial charge in [-0.3, -0.25) is 14.4 Å². The lowest BCUT2D eigenvalue weighted by Crippen LogP contribution is -2.15. The summed E-state index contributed by atoms with van der Waals surface area (Å²) in [6.07, 6.45) is 11.4. The van der Waals surface area contributed by atoms with Crippen molar-refractivity contribution in [3.63, 3.8) is 0 Å². The average Bonchev–Trinajstić information content (AvgIpc) is 3.42. The van der Waals surface area contributed by atoms with Gasteiger partial charge >= 0.3 is 0 Å². The first-order valence-electron chi connectivity index (χ1n) is 13.2. The fourth-order valence-corrected chi connectivity index (χ4v) is 6.68. The van der Waals surface area contributed by atoms with Gasteiger partial charge in [0.15, 0.2) is 0 Å². The van der Waals surface area contributed by atoms with Gasteiger partial charge in [-0.1, -0.05) is 13.8 Å². The molecule has 4 aromatic rings. The summed E-state index contributed by atoms with van der Waals surface area (Å²) >= 11 is 0. The fraction of sp³-hybridized carbons (Fsp3) is 0.483. The van der Waals surface area contributed by atoms with Crippen LogP contribution in [0.4, 0.5) is 0 Å². The molecule has 1 fully saturated rings. The lowest BCUT2D eigenvalue weighted by molar-refractivity contribution is 0.306. The van der Waals surface area contributed by atoms with Crippen LogP contribution in [-0.2, 0) is 16.5 Å². The maximum absolute atomic E-state index is 11.5. The van der Waals surface area contributed by atoms with Crippen LogP contribution in [0.2, 0.25) is 0 Å². The summed E-state index contributed by atoms with van der Waals surface area (Å²) in [5.41, 5.74) is 7.38. The molecule has 0 spiro atoms.